The quantitative estimate of drug-likeness (QED) is 0.757. The van der Waals surface area contributed by atoms with Gasteiger partial charge in [-0.25, -0.2) is 4.98 Å². The summed E-state index contributed by atoms with van der Waals surface area (Å²) in [6.45, 7) is 0. The van der Waals surface area contributed by atoms with Gasteiger partial charge in [-0.15, -0.1) is 0 Å². The summed E-state index contributed by atoms with van der Waals surface area (Å²) in [5, 5.41) is 0. The van der Waals surface area contributed by atoms with Gasteiger partial charge in [-0.1, -0.05) is 24.3 Å². The van der Waals surface area contributed by atoms with E-state index in [1.807, 2.05) is 6.07 Å². The van der Waals surface area contributed by atoms with E-state index in [0.29, 0.717) is 11.3 Å². The van der Waals surface area contributed by atoms with Gasteiger partial charge in [0, 0.05) is 11.1 Å². The summed E-state index contributed by atoms with van der Waals surface area (Å²) in [7, 11) is 0. The van der Waals surface area contributed by atoms with E-state index in [-0.39, 0.29) is 5.82 Å². The number of benzene rings is 1. The first-order valence-corrected chi connectivity index (χ1v) is 5.80. The minimum atomic E-state index is -4.42. The van der Waals surface area contributed by atoms with E-state index in [2.05, 4.69) is 9.97 Å². The second kappa shape index (κ2) is 4.56. The van der Waals surface area contributed by atoms with E-state index in [1.165, 1.54) is 0 Å². The molecule has 0 saturated carbocycles. The van der Waals surface area contributed by atoms with E-state index in [9.17, 15) is 13.2 Å². The summed E-state index contributed by atoms with van der Waals surface area (Å²) >= 11 is 0. The number of rotatable bonds is 2. The Bertz CT molecular complexity index is 697. The molecule has 3 nitrogen and oxygen atoms in total. The number of aromatic amines is 1. The van der Waals surface area contributed by atoms with Crippen LogP contribution in [0.5, 0.6) is 0 Å². The largest absolute Gasteiger partial charge is 0.464 e. The molecule has 0 aliphatic heterocycles. The third-order valence-electron chi connectivity index (χ3n) is 2.85. The molecule has 0 radical (unpaired) electrons. The van der Waals surface area contributed by atoms with Crippen molar-refractivity contribution < 1.29 is 17.6 Å². The Labute approximate surface area is 112 Å². The highest BCUT2D eigenvalue weighted by molar-refractivity contribution is 5.64. The molecule has 0 aliphatic carbocycles. The normalized spacial score (nSPS) is 11.8. The molecule has 3 rings (SSSR count). The van der Waals surface area contributed by atoms with E-state index in [4.69, 9.17) is 4.42 Å². The fourth-order valence-corrected chi connectivity index (χ4v) is 1.85. The zero-order chi connectivity index (χ0) is 14.2. The molecule has 0 bridgehead atoms. The molecule has 0 fully saturated rings. The molecule has 20 heavy (non-hydrogen) atoms. The standard InChI is InChI=1S/C14H9F3N2O/c15-14(16,17)12-8-18-13(19-12)10-5-3-9(4-6-10)11-2-1-7-20-11/h1-8H,(H,18,19). The lowest BCUT2D eigenvalue weighted by molar-refractivity contribution is -0.140. The molecule has 0 spiro atoms. The molecule has 2 aromatic heterocycles. The molecular weight excluding hydrogens is 269 g/mol. The van der Waals surface area contributed by atoms with Gasteiger partial charge < -0.3 is 9.40 Å². The number of H-pyrrole nitrogens is 1. The first-order chi connectivity index (χ1) is 9.54. The van der Waals surface area contributed by atoms with Crippen molar-refractivity contribution in [3.05, 3.63) is 54.6 Å². The predicted molar refractivity (Wildman–Crippen MR) is 66.7 cm³/mol. The number of halogens is 3. The maximum Gasteiger partial charge on any atom is 0.432 e. The van der Waals surface area contributed by atoms with Crippen molar-refractivity contribution in [3.8, 4) is 22.7 Å². The maximum atomic E-state index is 12.5. The Morgan fingerprint density at radius 3 is 2.25 bits per heavy atom. The van der Waals surface area contributed by atoms with Gasteiger partial charge in [-0.3, -0.25) is 0 Å². The number of hydrogen-bond donors (Lipinski definition) is 1. The summed E-state index contributed by atoms with van der Waals surface area (Å²) in [5.74, 6) is 0.885. The predicted octanol–water partition coefficient (Wildman–Crippen LogP) is 4.36. The number of hydrogen-bond acceptors (Lipinski definition) is 2. The average molecular weight is 278 g/mol. The zero-order valence-electron chi connectivity index (χ0n) is 10.1. The summed E-state index contributed by atoms with van der Waals surface area (Å²) < 4.78 is 42.7. The van der Waals surface area contributed by atoms with Crippen LogP contribution in [0.15, 0.2) is 53.3 Å². The Morgan fingerprint density at radius 1 is 1.00 bits per heavy atom. The van der Waals surface area contributed by atoms with Crippen LogP contribution in [0.4, 0.5) is 13.2 Å². The molecular formula is C14H9F3N2O. The Balaban J connectivity index is 1.90. The van der Waals surface area contributed by atoms with Gasteiger partial charge in [0.1, 0.15) is 17.3 Å². The summed E-state index contributed by atoms with van der Waals surface area (Å²) in [6, 6.07) is 10.5. The van der Waals surface area contributed by atoms with Crippen LogP contribution in [0.3, 0.4) is 0 Å². The second-order valence-electron chi connectivity index (χ2n) is 4.20. The van der Waals surface area contributed by atoms with E-state index >= 15 is 0 Å². The zero-order valence-corrected chi connectivity index (χ0v) is 10.1. The van der Waals surface area contributed by atoms with Crippen molar-refractivity contribution in [2.24, 2.45) is 0 Å². The van der Waals surface area contributed by atoms with E-state index in [0.717, 1.165) is 11.8 Å². The molecule has 1 N–H and O–H groups in total. The lowest BCUT2D eigenvalue weighted by Gasteiger charge is -2.02. The average Bonchev–Trinajstić information content (AvgIpc) is 3.10. The Kier molecular flexibility index (Phi) is 2.85. The monoisotopic (exact) mass is 278 g/mol. The maximum absolute atomic E-state index is 12.5. The van der Waals surface area contributed by atoms with Crippen LogP contribution in [0, 0.1) is 0 Å². The van der Waals surface area contributed by atoms with Gasteiger partial charge in [0.05, 0.1) is 12.5 Å². The summed E-state index contributed by atoms with van der Waals surface area (Å²) in [5.41, 5.74) is 0.569. The van der Waals surface area contributed by atoms with Gasteiger partial charge in [-0.05, 0) is 12.1 Å². The summed E-state index contributed by atoms with van der Waals surface area (Å²) in [4.78, 5) is 6.01. The minimum Gasteiger partial charge on any atom is -0.464 e. The van der Waals surface area contributed by atoms with Crippen molar-refractivity contribution in [2.75, 3.05) is 0 Å². The van der Waals surface area contributed by atoms with Gasteiger partial charge >= 0.3 is 6.18 Å². The van der Waals surface area contributed by atoms with Crippen molar-refractivity contribution in [1.29, 1.82) is 0 Å². The Hall–Kier alpha value is -2.50. The molecule has 102 valence electrons. The van der Waals surface area contributed by atoms with Crippen LogP contribution in [-0.2, 0) is 6.18 Å². The van der Waals surface area contributed by atoms with Crippen LogP contribution in [0.1, 0.15) is 5.69 Å². The molecule has 0 saturated heterocycles. The van der Waals surface area contributed by atoms with Gasteiger partial charge in [0.2, 0.25) is 0 Å². The first-order valence-electron chi connectivity index (χ1n) is 5.80. The van der Waals surface area contributed by atoms with Crippen molar-refractivity contribution in [3.63, 3.8) is 0 Å². The van der Waals surface area contributed by atoms with Gasteiger partial charge in [-0.2, -0.15) is 13.2 Å². The third kappa shape index (κ3) is 2.32. The highest BCUT2D eigenvalue weighted by atomic mass is 19.4. The van der Waals surface area contributed by atoms with Gasteiger partial charge in [0.15, 0.2) is 0 Å². The molecule has 1 aromatic carbocycles. The SMILES string of the molecule is FC(F)(F)c1cnc(-c2ccc(-c3ccco3)cc2)[nH]1. The molecule has 2 heterocycles. The molecule has 6 heteroatoms. The molecule has 0 unspecified atom stereocenters. The highest BCUT2D eigenvalue weighted by Gasteiger charge is 2.33. The van der Waals surface area contributed by atoms with Gasteiger partial charge in [0.25, 0.3) is 0 Å². The van der Waals surface area contributed by atoms with Crippen molar-refractivity contribution in [1.82, 2.24) is 9.97 Å². The second-order valence-corrected chi connectivity index (χ2v) is 4.20. The molecule has 0 atom stereocenters. The smallest absolute Gasteiger partial charge is 0.432 e. The summed E-state index contributed by atoms with van der Waals surface area (Å²) in [6.07, 6.45) is -2.07. The lowest BCUT2D eigenvalue weighted by Crippen LogP contribution is -2.04. The fraction of sp³-hybridized carbons (Fsp3) is 0.0714. The molecule has 3 aromatic rings. The number of nitrogens with one attached hydrogen (secondary N) is 1. The fourth-order valence-electron chi connectivity index (χ4n) is 1.85. The number of imidazole rings is 1. The van der Waals surface area contributed by atoms with E-state index in [1.54, 1.807) is 36.6 Å². The van der Waals surface area contributed by atoms with E-state index < -0.39 is 11.9 Å². The number of aromatic nitrogens is 2. The molecule has 0 amide bonds. The van der Waals surface area contributed by atoms with Crippen LogP contribution in [0.2, 0.25) is 0 Å². The topological polar surface area (TPSA) is 41.8 Å². The van der Waals surface area contributed by atoms with Crippen LogP contribution >= 0.6 is 0 Å². The number of nitrogens with zero attached hydrogens (tertiary/aromatic N) is 1. The number of furan rings is 1. The van der Waals surface area contributed by atoms with Crippen LogP contribution in [-0.4, -0.2) is 9.97 Å². The van der Waals surface area contributed by atoms with Crippen LogP contribution in [0.25, 0.3) is 22.7 Å². The first kappa shape index (κ1) is 12.5. The highest BCUT2D eigenvalue weighted by Crippen LogP contribution is 2.30. The third-order valence-corrected chi connectivity index (χ3v) is 2.85. The van der Waals surface area contributed by atoms with Crippen LogP contribution < -0.4 is 0 Å². The lowest BCUT2D eigenvalue weighted by atomic mass is 10.1. The van der Waals surface area contributed by atoms with Crippen molar-refractivity contribution in [2.45, 2.75) is 6.18 Å². The molecule has 0 aliphatic rings. The van der Waals surface area contributed by atoms with Crippen molar-refractivity contribution >= 4 is 0 Å². The number of alkyl halides is 3. The minimum absolute atomic E-state index is 0.184. The Morgan fingerprint density at radius 2 is 1.70 bits per heavy atom.